The van der Waals surface area contributed by atoms with E-state index < -0.39 is 0 Å². The molecule has 0 spiro atoms. The van der Waals surface area contributed by atoms with Crippen LogP contribution in [0.15, 0.2) is 42.5 Å². The van der Waals surface area contributed by atoms with Crippen LogP contribution in [0.2, 0.25) is 5.02 Å². The maximum atomic E-state index is 12.9. The second-order valence-electron chi connectivity index (χ2n) is 7.53. The van der Waals surface area contributed by atoms with E-state index in [-0.39, 0.29) is 23.0 Å². The van der Waals surface area contributed by atoms with Crippen LogP contribution >= 0.6 is 22.9 Å². The van der Waals surface area contributed by atoms with Gasteiger partial charge in [-0.25, -0.2) is 4.79 Å². The van der Waals surface area contributed by atoms with Crippen LogP contribution < -0.4 is 10.6 Å². The maximum Gasteiger partial charge on any atom is 0.322 e. The van der Waals surface area contributed by atoms with Crippen molar-refractivity contribution in [3.8, 4) is 0 Å². The van der Waals surface area contributed by atoms with Gasteiger partial charge in [0.15, 0.2) is 0 Å². The van der Waals surface area contributed by atoms with Crippen molar-refractivity contribution in [1.29, 1.82) is 0 Å². The third kappa shape index (κ3) is 4.86. The first-order valence-corrected chi connectivity index (χ1v) is 11.2. The van der Waals surface area contributed by atoms with Crippen molar-refractivity contribution in [1.82, 2.24) is 15.1 Å². The van der Waals surface area contributed by atoms with Gasteiger partial charge < -0.3 is 15.5 Å². The summed E-state index contributed by atoms with van der Waals surface area (Å²) in [4.78, 5) is 27.1. The number of carbonyl (C=O) groups excluding carboxylic acids is 2. The zero-order valence-corrected chi connectivity index (χ0v) is 18.8. The predicted molar refractivity (Wildman–Crippen MR) is 123 cm³/mol. The summed E-state index contributed by atoms with van der Waals surface area (Å²) < 4.78 is 0. The third-order valence-electron chi connectivity index (χ3n) is 5.11. The van der Waals surface area contributed by atoms with Gasteiger partial charge in [0.25, 0.3) is 5.91 Å². The molecule has 2 heterocycles. The summed E-state index contributed by atoms with van der Waals surface area (Å²) in [5.41, 5.74) is 3.40. The SMILES string of the molecule is Cc1ccc(NC(=O)c2nnc([C@@H]3CCCN3C(=O)Nc3ccc(C)cc3Cl)s2)cc1. The second-order valence-corrected chi connectivity index (χ2v) is 8.95. The van der Waals surface area contributed by atoms with E-state index in [9.17, 15) is 9.59 Å². The normalized spacial score (nSPS) is 15.7. The molecule has 31 heavy (non-hydrogen) atoms. The van der Waals surface area contributed by atoms with Crippen molar-refractivity contribution in [2.45, 2.75) is 32.7 Å². The average Bonchev–Trinajstić information content (AvgIpc) is 3.41. The molecule has 2 N–H and O–H groups in total. The van der Waals surface area contributed by atoms with E-state index >= 15 is 0 Å². The molecule has 0 aliphatic carbocycles. The fourth-order valence-corrected chi connectivity index (χ4v) is 4.63. The molecular formula is C22H22ClN5O2S. The Morgan fingerprint density at radius 2 is 1.81 bits per heavy atom. The van der Waals surface area contributed by atoms with Gasteiger partial charge in [0.2, 0.25) is 5.01 Å². The lowest BCUT2D eigenvalue weighted by Crippen LogP contribution is -2.34. The van der Waals surface area contributed by atoms with E-state index in [1.54, 1.807) is 11.0 Å². The molecule has 0 saturated carbocycles. The molecule has 0 bridgehead atoms. The molecule has 0 radical (unpaired) electrons. The zero-order valence-electron chi connectivity index (χ0n) is 17.2. The van der Waals surface area contributed by atoms with Gasteiger partial charge in [-0.2, -0.15) is 0 Å². The van der Waals surface area contributed by atoms with Crippen molar-refractivity contribution >= 4 is 46.3 Å². The van der Waals surface area contributed by atoms with E-state index in [1.165, 1.54) is 11.3 Å². The Labute approximate surface area is 189 Å². The fourth-order valence-electron chi connectivity index (χ4n) is 3.46. The van der Waals surface area contributed by atoms with E-state index in [2.05, 4.69) is 20.8 Å². The largest absolute Gasteiger partial charge is 0.322 e. The monoisotopic (exact) mass is 455 g/mol. The lowest BCUT2D eigenvalue weighted by atomic mass is 10.2. The topological polar surface area (TPSA) is 87.2 Å². The van der Waals surface area contributed by atoms with Crippen LogP contribution in [0.4, 0.5) is 16.2 Å². The number of carbonyl (C=O) groups is 2. The number of aromatic nitrogens is 2. The van der Waals surface area contributed by atoms with Crippen molar-refractivity contribution in [3.05, 3.63) is 68.6 Å². The molecule has 160 valence electrons. The summed E-state index contributed by atoms with van der Waals surface area (Å²) >= 11 is 7.46. The Bertz CT molecular complexity index is 1120. The number of hydrogen-bond acceptors (Lipinski definition) is 5. The Morgan fingerprint density at radius 1 is 1.06 bits per heavy atom. The lowest BCUT2D eigenvalue weighted by molar-refractivity contribution is 0.102. The van der Waals surface area contributed by atoms with E-state index in [0.717, 1.165) is 24.0 Å². The van der Waals surface area contributed by atoms with E-state index in [4.69, 9.17) is 11.6 Å². The smallest absolute Gasteiger partial charge is 0.320 e. The number of hydrogen-bond donors (Lipinski definition) is 2. The Morgan fingerprint density at radius 3 is 2.55 bits per heavy atom. The van der Waals surface area contributed by atoms with Crippen LogP contribution in [0.5, 0.6) is 0 Å². The molecule has 4 rings (SSSR count). The van der Waals surface area contributed by atoms with Gasteiger partial charge in [-0.05, 0) is 56.5 Å². The number of rotatable bonds is 4. The fraction of sp³-hybridized carbons (Fsp3) is 0.273. The molecule has 3 amide bonds. The van der Waals surface area contributed by atoms with Gasteiger partial charge in [-0.3, -0.25) is 4.79 Å². The van der Waals surface area contributed by atoms with Gasteiger partial charge in [-0.1, -0.05) is 46.7 Å². The number of amides is 3. The first kappa shape index (κ1) is 21.3. The lowest BCUT2D eigenvalue weighted by Gasteiger charge is -2.23. The molecule has 2 aromatic carbocycles. The molecule has 9 heteroatoms. The standard InChI is InChI=1S/C22H22ClN5O2S/c1-13-5-8-15(9-6-13)24-19(29)21-27-26-20(31-21)18-4-3-11-28(18)22(30)25-17-10-7-14(2)12-16(17)23/h5-10,12,18H,3-4,11H2,1-2H3,(H,24,29)(H,25,30)/t18-/m0/s1. The molecule has 1 aliphatic heterocycles. The summed E-state index contributed by atoms with van der Waals surface area (Å²) in [7, 11) is 0. The number of nitrogens with one attached hydrogen (secondary N) is 2. The minimum Gasteiger partial charge on any atom is -0.320 e. The number of likely N-dealkylation sites (tertiary alicyclic amines) is 1. The average molecular weight is 456 g/mol. The number of nitrogens with zero attached hydrogens (tertiary/aromatic N) is 3. The van der Waals surface area contributed by atoms with Crippen LogP contribution in [-0.4, -0.2) is 33.6 Å². The van der Waals surface area contributed by atoms with Crippen LogP contribution in [0.1, 0.15) is 44.8 Å². The summed E-state index contributed by atoms with van der Waals surface area (Å²) in [5.74, 6) is -0.312. The van der Waals surface area contributed by atoms with Gasteiger partial charge in [-0.15, -0.1) is 10.2 Å². The summed E-state index contributed by atoms with van der Waals surface area (Å²) in [6, 6.07) is 12.6. The minimum absolute atomic E-state index is 0.220. The number of halogens is 1. The molecule has 7 nitrogen and oxygen atoms in total. The second kappa shape index (κ2) is 9.03. The highest BCUT2D eigenvalue weighted by Crippen LogP contribution is 2.34. The predicted octanol–water partition coefficient (Wildman–Crippen LogP) is 5.43. The highest BCUT2D eigenvalue weighted by atomic mass is 35.5. The van der Waals surface area contributed by atoms with Crippen molar-refractivity contribution in [2.75, 3.05) is 17.2 Å². The van der Waals surface area contributed by atoms with Gasteiger partial charge >= 0.3 is 6.03 Å². The van der Waals surface area contributed by atoms with Crippen LogP contribution in [0.3, 0.4) is 0 Å². The molecule has 1 fully saturated rings. The van der Waals surface area contributed by atoms with E-state index in [1.807, 2.05) is 50.2 Å². The molecular weight excluding hydrogens is 434 g/mol. The van der Waals surface area contributed by atoms with Gasteiger partial charge in [0, 0.05) is 12.2 Å². The minimum atomic E-state index is -0.312. The summed E-state index contributed by atoms with van der Waals surface area (Å²) in [6.45, 7) is 4.53. The third-order valence-corrected chi connectivity index (χ3v) is 6.45. The first-order chi connectivity index (χ1) is 14.9. The number of benzene rings is 2. The Balaban J connectivity index is 1.45. The summed E-state index contributed by atoms with van der Waals surface area (Å²) in [5, 5.41) is 15.4. The molecule has 0 unspecified atom stereocenters. The number of anilines is 2. The molecule has 1 saturated heterocycles. The molecule has 1 aromatic heterocycles. The Kier molecular flexibility index (Phi) is 6.20. The highest BCUT2D eigenvalue weighted by molar-refractivity contribution is 7.13. The van der Waals surface area contributed by atoms with Crippen molar-refractivity contribution in [2.24, 2.45) is 0 Å². The first-order valence-electron chi connectivity index (χ1n) is 9.96. The van der Waals surface area contributed by atoms with Crippen LogP contribution in [0.25, 0.3) is 0 Å². The van der Waals surface area contributed by atoms with Crippen LogP contribution in [-0.2, 0) is 0 Å². The van der Waals surface area contributed by atoms with Crippen LogP contribution in [0, 0.1) is 13.8 Å². The quantitative estimate of drug-likeness (QED) is 0.549. The van der Waals surface area contributed by atoms with E-state index in [0.29, 0.717) is 27.9 Å². The van der Waals surface area contributed by atoms with Gasteiger partial charge in [0.1, 0.15) is 5.01 Å². The Hall–Kier alpha value is -2.97. The van der Waals surface area contributed by atoms with Crippen molar-refractivity contribution < 1.29 is 9.59 Å². The molecule has 3 aromatic rings. The number of aryl methyl sites for hydroxylation is 2. The number of urea groups is 1. The molecule has 1 atom stereocenters. The molecule has 1 aliphatic rings. The van der Waals surface area contributed by atoms with Crippen molar-refractivity contribution in [3.63, 3.8) is 0 Å². The summed E-state index contributed by atoms with van der Waals surface area (Å²) in [6.07, 6.45) is 1.62. The maximum absolute atomic E-state index is 12.9. The van der Waals surface area contributed by atoms with Gasteiger partial charge in [0.05, 0.1) is 16.8 Å². The zero-order chi connectivity index (χ0) is 22.0. The highest BCUT2D eigenvalue weighted by Gasteiger charge is 2.33.